The molecule has 2 aromatic carbocycles. The number of benzene rings is 2. The van der Waals surface area contributed by atoms with Crippen LogP contribution in [0.3, 0.4) is 0 Å². The van der Waals surface area contributed by atoms with E-state index in [-0.39, 0.29) is 23.7 Å². The van der Waals surface area contributed by atoms with E-state index in [0.29, 0.717) is 17.8 Å². The molecule has 0 aromatic heterocycles. The number of hydrogen-bond donors (Lipinski definition) is 2. The second-order valence-electron chi connectivity index (χ2n) is 8.32. The molecule has 1 aliphatic rings. The summed E-state index contributed by atoms with van der Waals surface area (Å²) < 4.78 is 42.8. The minimum atomic E-state index is -4.65. The number of amides is 1. The summed E-state index contributed by atoms with van der Waals surface area (Å²) in [5.74, 6) is -0.153. The lowest BCUT2D eigenvalue weighted by Crippen LogP contribution is -2.42. The minimum Gasteiger partial charge on any atom is -0.376 e. The van der Waals surface area contributed by atoms with E-state index in [1.165, 1.54) is 12.1 Å². The molecule has 33 heavy (non-hydrogen) atoms. The number of carbonyl (C=O) groups is 1. The smallest absolute Gasteiger partial charge is 0.376 e. The van der Waals surface area contributed by atoms with Crippen LogP contribution in [0.2, 0.25) is 0 Å². The van der Waals surface area contributed by atoms with E-state index < -0.39 is 18.2 Å². The molecule has 0 spiro atoms. The lowest BCUT2D eigenvalue weighted by Gasteiger charge is -2.30. The number of oxime groups is 1. The van der Waals surface area contributed by atoms with Crippen molar-refractivity contribution >= 4 is 17.3 Å². The first-order chi connectivity index (χ1) is 15.5. The summed E-state index contributed by atoms with van der Waals surface area (Å²) in [6, 6.07) is 10.0. The van der Waals surface area contributed by atoms with Crippen LogP contribution in [0.25, 0.3) is 5.70 Å². The van der Waals surface area contributed by atoms with Crippen molar-refractivity contribution in [3.8, 4) is 0 Å². The molecule has 0 fully saturated rings. The van der Waals surface area contributed by atoms with Gasteiger partial charge < -0.3 is 15.5 Å². The Balaban J connectivity index is 1.84. The van der Waals surface area contributed by atoms with E-state index in [1.54, 1.807) is 32.0 Å². The zero-order chi connectivity index (χ0) is 24.4. The van der Waals surface area contributed by atoms with Crippen molar-refractivity contribution in [1.29, 1.82) is 0 Å². The molecule has 1 amide bonds. The SMILES string of the molecule is C=C(NCC(=O)NCC)c1ccc(C2=NOC(c3cc(C)cc(C)c3)(C(F)(F)F)C2)cc1C. The van der Waals surface area contributed by atoms with Gasteiger partial charge in [0.25, 0.3) is 5.60 Å². The highest BCUT2D eigenvalue weighted by atomic mass is 19.4. The average molecular weight is 460 g/mol. The van der Waals surface area contributed by atoms with E-state index >= 15 is 0 Å². The highest BCUT2D eigenvalue weighted by Gasteiger charge is 2.62. The Morgan fingerprint density at radius 3 is 2.36 bits per heavy atom. The first-order valence-electron chi connectivity index (χ1n) is 10.7. The molecule has 1 atom stereocenters. The van der Waals surface area contributed by atoms with Crippen molar-refractivity contribution in [3.63, 3.8) is 0 Å². The third-order valence-electron chi connectivity index (χ3n) is 5.60. The zero-order valence-electron chi connectivity index (χ0n) is 19.2. The molecular formula is C25H28F3N3O2. The maximum absolute atomic E-state index is 14.3. The molecule has 1 unspecified atom stereocenters. The van der Waals surface area contributed by atoms with Crippen molar-refractivity contribution in [3.05, 3.63) is 76.4 Å². The van der Waals surface area contributed by atoms with E-state index in [2.05, 4.69) is 22.4 Å². The van der Waals surface area contributed by atoms with Crippen molar-refractivity contribution in [2.45, 2.75) is 45.9 Å². The number of nitrogens with one attached hydrogen (secondary N) is 2. The average Bonchev–Trinajstić information content (AvgIpc) is 3.18. The lowest BCUT2D eigenvalue weighted by atomic mass is 9.84. The van der Waals surface area contributed by atoms with Gasteiger partial charge >= 0.3 is 6.18 Å². The Labute approximate surface area is 191 Å². The molecule has 2 N–H and O–H groups in total. The first-order valence-corrected chi connectivity index (χ1v) is 10.7. The van der Waals surface area contributed by atoms with Crippen LogP contribution in [0.4, 0.5) is 13.2 Å². The van der Waals surface area contributed by atoms with Gasteiger partial charge in [-0.2, -0.15) is 13.2 Å². The van der Waals surface area contributed by atoms with Crippen LogP contribution in [0.15, 0.2) is 48.1 Å². The van der Waals surface area contributed by atoms with Crippen LogP contribution in [0, 0.1) is 20.8 Å². The quantitative estimate of drug-likeness (QED) is 0.620. The third-order valence-corrected chi connectivity index (χ3v) is 5.60. The van der Waals surface area contributed by atoms with Crippen LogP contribution in [0.1, 0.15) is 46.7 Å². The van der Waals surface area contributed by atoms with Crippen LogP contribution in [0.5, 0.6) is 0 Å². The van der Waals surface area contributed by atoms with E-state index in [9.17, 15) is 18.0 Å². The molecule has 5 nitrogen and oxygen atoms in total. The second kappa shape index (κ2) is 9.29. The first kappa shape index (κ1) is 24.4. The molecule has 176 valence electrons. The van der Waals surface area contributed by atoms with Gasteiger partial charge in [-0.25, -0.2) is 0 Å². The van der Waals surface area contributed by atoms with E-state index in [4.69, 9.17) is 4.84 Å². The van der Waals surface area contributed by atoms with Gasteiger partial charge in [0, 0.05) is 24.2 Å². The molecule has 8 heteroatoms. The van der Waals surface area contributed by atoms with Crippen molar-refractivity contribution < 1.29 is 22.8 Å². The fourth-order valence-corrected chi connectivity index (χ4v) is 3.99. The Kier molecular flexibility index (Phi) is 6.86. The molecule has 0 radical (unpaired) electrons. The summed E-state index contributed by atoms with van der Waals surface area (Å²) in [6.07, 6.45) is -5.07. The van der Waals surface area contributed by atoms with Gasteiger partial charge in [0.1, 0.15) is 0 Å². The normalized spacial score (nSPS) is 17.8. The monoisotopic (exact) mass is 459 g/mol. The predicted molar refractivity (Wildman–Crippen MR) is 123 cm³/mol. The molecule has 0 bridgehead atoms. The Bertz CT molecular complexity index is 1090. The highest BCUT2D eigenvalue weighted by Crippen LogP contribution is 2.49. The van der Waals surface area contributed by atoms with Crippen LogP contribution >= 0.6 is 0 Å². The molecule has 0 aliphatic carbocycles. The molecule has 1 aliphatic heterocycles. The standard InChI is InChI=1S/C25H28F3N3O2/c1-6-29-23(32)14-30-18(5)21-8-7-19(12-17(21)4)22-13-24(33-31-22,25(26,27)28)20-10-15(2)9-16(3)11-20/h7-12,30H,5-6,13-14H2,1-4H3,(H,29,32). The van der Waals surface area contributed by atoms with Crippen LogP contribution in [-0.2, 0) is 15.2 Å². The van der Waals surface area contributed by atoms with E-state index in [0.717, 1.165) is 22.3 Å². The number of carbonyl (C=O) groups excluding carboxylic acids is 1. The number of alkyl halides is 3. The van der Waals surface area contributed by atoms with Gasteiger partial charge in [0.15, 0.2) is 0 Å². The molecular weight excluding hydrogens is 431 g/mol. The summed E-state index contributed by atoms with van der Waals surface area (Å²) >= 11 is 0. The molecule has 0 saturated carbocycles. The zero-order valence-corrected chi connectivity index (χ0v) is 19.2. The molecule has 2 aromatic rings. The fraction of sp³-hybridized carbons (Fsp3) is 0.360. The summed E-state index contributed by atoms with van der Waals surface area (Å²) in [7, 11) is 0. The Morgan fingerprint density at radius 1 is 1.12 bits per heavy atom. The third kappa shape index (κ3) is 5.05. The summed E-state index contributed by atoms with van der Waals surface area (Å²) in [6.45, 7) is 11.8. The number of likely N-dealkylation sites (N-methyl/N-ethyl adjacent to an activating group) is 1. The van der Waals surface area contributed by atoms with Gasteiger partial charge in [0.05, 0.1) is 12.3 Å². The Morgan fingerprint density at radius 2 is 1.79 bits per heavy atom. The largest absolute Gasteiger partial charge is 0.435 e. The van der Waals surface area contributed by atoms with Crippen molar-refractivity contribution in [2.24, 2.45) is 5.16 Å². The summed E-state index contributed by atoms with van der Waals surface area (Å²) in [5, 5.41) is 9.52. The van der Waals surface area contributed by atoms with Crippen molar-refractivity contribution in [2.75, 3.05) is 13.1 Å². The van der Waals surface area contributed by atoms with E-state index in [1.807, 2.05) is 19.9 Å². The second-order valence-corrected chi connectivity index (χ2v) is 8.32. The maximum Gasteiger partial charge on any atom is 0.435 e. The topological polar surface area (TPSA) is 62.7 Å². The molecule has 3 rings (SSSR count). The van der Waals surface area contributed by atoms with Gasteiger partial charge in [0.2, 0.25) is 5.91 Å². The number of nitrogens with zero attached hydrogens (tertiary/aromatic N) is 1. The van der Waals surface area contributed by atoms with Gasteiger partial charge in [-0.15, -0.1) is 0 Å². The van der Waals surface area contributed by atoms with Gasteiger partial charge in [-0.05, 0) is 50.5 Å². The summed E-state index contributed by atoms with van der Waals surface area (Å²) in [5.41, 5.74) is 1.85. The van der Waals surface area contributed by atoms with Crippen molar-refractivity contribution in [1.82, 2.24) is 10.6 Å². The number of aryl methyl sites for hydroxylation is 3. The summed E-state index contributed by atoms with van der Waals surface area (Å²) in [4.78, 5) is 16.8. The Hall–Kier alpha value is -3.29. The molecule has 0 saturated heterocycles. The maximum atomic E-state index is 14.3. The van der Waals surface area contributed by atoms with Gasteiger partial charge in [-0.3, -0.25) is 4.79 Å². The molecule has 1 heterocycles. The lowest BCUT2D eigenvalue weighted by molar-refractivity contribution is -0.275. The highest BCUT2D eigenvalue weighted by molar-refractivity contribution is 6.02. The number of halogens is 3. The van der Waals surface area contributed by atoms with Gasteiger partial charge in [-0.1, -0.05) is 53.2 Å². The van der Waals surface area contributed by atoms with Crippen LogP contribution in [-0.4, -0.2) is 30.9 Å². The fourth-order valence-electron chi connectivity index (χ4n) is 3.99. The number of rotatable bonds is 7. The minimum absolute atomic E-state index is 0.0440. The van der Waals surface area contributed by atoms with Crippen LogP contribution < -0.4 is 10.6 Å². The predicted octanol–water partition coefficient (Wildman–Crippen LogP) is 4.89. The number of hydrogen-bond acceptors (Lipinski definition) is 4.